The maximum atomic E-state index is 12.4. The minimum Gasteiger partial charge on any atom is -0.351 e. The normalized spacial score (nSPS) is 16.6. The molecule has 1 amide bonds. The van der Waals surface area contributed by atoms with E-state index in [9.17, 15) is 4.79 Å². The fraction of sp³-hybridized carbons (Fsp3) is 0.353. The summed E-state index contributed by atoms with van der Waals surface area (Å²) in [4.78, 5) is 12.4. The standard InChI is InChI=1S/C17H17Cl2NOS/c18-14-4-3-12(9-15(14)19)16(21)20-11-17(6-1-2-7-17)13-5-8-22-10-13/h3-5,8-10H,1-2,6-7,11H2,(H,20,21). The molecule has 1 aromatic heterocycles. The van der Waals surface area contributed by atoms with Crippen LogP contribution >= 0.6 is 34.5 Å². The molecule has 0 saturated heterocycles. The van der Waals surface area contributed by atoms with Gasteiger partial charge in [-0.05, 0) is 53.4 Å². The predicted octanol–water partition coefficient (Wildman–Crippen LogP) is 5.30. The highest BCUT2D eigenvalue weighted by Crippen LogP contribution is 2.41. The second-order valence-electron chi connectivity index (χ2n) is 5.81. The van der Waals surface area contributed by atoms with Crippen molar-refractivity contribution >= 4 is 40.4 Å². The lowest BCUT2D eigenvalue weighted by Crippen LogP contribution is -2.38. The number of benzene rings is 1. The number of nitrogens with one attached hydrogen (secondary N) is 1. The molecule has 22 heavy (non-hydrogen) atoms. The average Bonchev–Trinajstić information content (AvgIpc) is 3.19. The van der Waals surface area contributed by atoms with E-state index in [1.165, 1.54) is 18.4 Å². The average molecular weight is 354 g/mol. The van der Waals surface area contributed by atoms with Gasteiger partial charge in [0.2, 0.25) is 0 Å². The van der Waals surface area contributed by atoms with Crippen molar-refractivity contribution in [1.82, 2.24) is 5.32 Å². The molecule has 1 fully saturated rings. The fourth-order valence-corrected chi connectivity index (χ4v) is 4.25. The molecule has 116 valence electrons. The van der Waals surface area contributed by atoms with Gasteiger partial charge in [-0.2, -0.15) is 11.3 Å². The van der Waals surface area contributed by atoms with Crippen molar-refractivity contribution in [2.24, 2.45) is 0 Å². The molecule has 3 rings (SSSR count). The summed E-state index contributed by atoms with van der Waals surface area (Å²) >= 11 is 13.6. The number of hydrogen-bond acceptors (Lipinski definition) is 2. The van der Waals surface area contributed by atoms with Gasteiger partial charge in [0.15, 0.2) is 0 Å². The van der Waals surface area contributed by atoms with Crippen molar-refractivity contribution < 1.29 is 4.79 Å². The third kappa shape index (κ3) is 3.17. The van der Waals surface area contributed by atoms with Crippen molar-refractivity contribution in [2.45, 2.75) is 31.1 Å². The lowest BCUT2D eigenvalue weighted by Gasteiger charge is -2.28. The zero-order valence-corrected chi connectivity index (χ0v) is 14.4. The van der Waals surface area contributed by atoms with Crippen molar-refractivity contribution in [2.75, 3.05) is 6.54 Å². The summed E-state index contributed by atoms with van der Waals surface area (Å²) in [6.07, 6.45) is 4.70. The zero-order valence-electron chi connectivity index (χ0n) is 12.1. The molecule has 1 aliphatic carbocycles. The van der Waals surface area contributed by atoms with E-state index in [0.29, 0.717) is 22.2 Å². The molecule has 1 aromatic carbocycles. The number of carbonyl (C=O) groups is 1. The Morgan fingerprint density at radius 2 is 1.95 bits per heavy atom. The Hall–Kier alpha value is -1.03. The van der Waals surface area contributed by atoms with Gasteiger partial charge >= 0.3 is 0 Å². The van der Waals surface area contributed by atoms with Crippen LogP contribution in [0.4, 0.5) is 0 Å². The second-order valence-corrected chi connectivity index (χ2v) is 7.41. The first-order valence-electron chi connectivity index (χ1n) is 7.37. The van der Waals surface area contributed by atoms with Crippen LogP contribution in [0.15, 0.2) is 35.0 Å². The summed E-state index contributed by atoms with van der Waals surface area (Å²) in [6.45, 7) is 0.669. The summed E-state index contributed by atoms with van der Waals surface area (Å²) < 4.78 is 0. The van der Waals surface area contributed by atoms with Crippen LogP contribution in [0.5, 0.6) is 0 Å². The van der Waals surface area contributed by atoms with Crippen LogP contribution in [0.2, 0.25) is 10.0 Å². The van der Waals surface area contributed by atoms with Crippen LogP contribution in [0.1, 0.15) is 41.6 Å². The molecule has 2 nitrogen and oxygen atoms in total. The van der Waals surface area contributed by atoms with E-state index in [0.717, 1.165) is 12.8 Å². The van der Waals surface area contributed by atoms with Gasteiger partial charge in [0.25, 0.3) is 5.91 Å². The van der Waals surface area contributed by atoms with Gasteiger partial charge in [0.1, 0.15) is 0 Å². The minimum atomic E-state index is -0.0972. The molecule has 0 spiro atoms. The largest absolute Gasteiger partial charge is 0.351 e. The maximum absolute atomic E-state index is 12.4. The van der Waals surface area contributed by atoms with E-state index >= 15 is 0 Å². The zero-order chi connectivity index (χ0) is 15.6. The third-order valence-electron chi connectivity index (χ3n) is 4.46. The lowest BCUT2D eigenvalue weighted by molar-refractivity contribution is 0.0943. The Bertz CT molecular complexity index is 663. The van der Waals surface area contributed by atoms with Crippen molar-refractivity contribution in [3.8, 4) is 0 Å². The van der Waals surface area contributed by atoms with Crippen LogP contribution < -0.4 is 5.32 Å². The van der Waals surface area contributed by atoms with Crippen LogP contribution in [-0.4, -0.2) is 12.5 Å². The number of amides is 1. The molecule has 1 saturated carbocycles. The molecule has 2 aromatic rings. The number of halogens is 2. The van der Waals surface area contributed by atoms with Gasteiger partial charge in [0, 0.05) is 17.5 Å². The molecule has 5 heteroatoms. The third-order valence-corrected chi connectivity index (χ3v) is 5.89. The first-order valence-corrected chi connectivity index (χ1v) is 9.07. The van der Waals surface area contributed by atoms with Gasteiger partial charge in [-0.25, -0.2) is 0 Å². The van der Waals surface area contributed by atoms with Gasteiger partial charge in [-0.15, -0.1) is 0 Å². The number of hydrogen-bond donors (Lipinski definition) is 1. The first-order chi connectivity index (χ1) is 10.6. The summed E-state index contributed by atoms with van der Waals surface area (Å²) in [5.41, 5.74) is 1.99. The summed E-state index contributed by atoms with van der Waals surface area (Å²) in [5.74, 6) is -0.0972. The van der Waals surface area contributed by atoms with E-state index in [2.05, 4.69) is 22.1 Å². The molecule has 1 heterocycles. The summed E-state index contributed by atoms with van der Waals surface area (Å²) in [6, 6.07) is 7.16. The number of rotatable bonds is 4. The highest BCUT2D eigenvalue weighted by molar-refractivity contribution is 7.08. The topological polar surface area (TPSA) is 29.1 Å². The van der Waals surface area contributed by atoms with Gasteiger partial charge in [0.05, 0.1) is 10.0 Å². The van der Waals surface area contributed by atoms with Gasteiger partial charge < -0.3 is 5.32 Å². The quantitative estimate of drug-likeness (QED) is 0.793. The van der Waals surface area contributed by atoms with Crippen molar-refractivity contribution in [1.29, 1.82) is 0 Å². The Morgan fingerprint density at radius 1 is 1.18 bits per heavy atom. The lowest BCUT2D eigenvalue weighted by atomic mass is 9.80. The fourth-order valence-electron chi connectivity index (χ4n) is 3.17. The van der Waals surface area contributed by atoms with Gasteiger partial charge in [-0.1, -0.05) is 36.0 Å². The van der Waals surface area contributed by atoms with Crippen LogP contribution in [-0.2, 0) is 5.41 Å². The Balaban J connectivity index is 1.72. The van der Waals surface area contributed by atoms with Crippen LogP contribution in [0.25, 0.3) is 0 Å². The number of carbonyl (C=O) groups excluding carboxylic acids is 1. The van der Waals surface area contributed by atoms with E-state index in [-0.39, 0.29) is 11.3 Å². The van der Waals surface area contributed by atoms with Crippen molar-refractivity contribution in [3.05, 3.63) is 56.2 Å². The van der Waals surface area contributed by atoms with E-state index in [1.807, 2.05) is 0 Å². The van der Waals surface area contributed by atoms with Gasteiger partial charge in [-0.3, -0.25) is 4.79 Å². The number of thiophene rings is 1. The smallest absolute Gasteiger partial charge is 0.251 e. The monoisotopic (exact) mass is 353 g/mol. The predicted molar refractivity (Wildman–Crippen MR) is 93.3 cm³/mol. The van der Waals surface area contributed by atoms with Crippen LogP contribution in [0.3, 0.4) is 0 Å². The Kier molecular flexibility index (Phi) is 4.76. The first kappa shape index (κ1) is 15.9. The molecule has 0 unspecified atom stereocenters. The highest BCUT2D eigenvalue weighted by Gasteiger charge is 2.36. The van der Waals surface area contributed by atoms with E-state index in [4.69, 9.17) is 23.2 Å². The minimum absolute atomic E-state index is 0.0892. The van der Waals surface area contributed by atoms with Crippen molar-refractivity contribution in [3.63, 3.8) is 0 Å². The molecule has 0 aliphatic heterocycles. The molecular weight excluding hydrogens is 337 g/mol. The second kappa shape index (κ2) is 6.61. The molecular formula is C17H17Cl2NOS. The van der Waals surface area contributed by atoms with E-state index < -0.39 is 0 Å². The summed E-state index contributed by atoms with van der Waals surface area (Å²) in [7, 11) is 0. The summed E-state index contributed by atoms with van der Waals surface area (Å²) in [5, 5.41) is 8.26. The highest BCUT2D eigenvalue weighted by atomic mass is 35.5. The molecule has 0 radical (unpaired) electrons. The molecule has 1 N–H and O–H groups in total. The maximum Gasteiger partial charge on any atom is 0.251 e. The SMILES string of the molecule is O=C(NCC1(c2ccsc2)CCCC1)c1ccc(Cl)c(Cl)c1. The molecule has 0 atom stereocenters. The molecule has 1 aliphatic rings. The Morgan fingerprint density at radius 3 is 2.59 bits per heavy atom. The molecule has 0 bridgehead atoms. The Labute approximate surface area is 144 Å². The van der Waals surface area contributed by atoms with Crippen LogP contribution in [0, 0.1) is 0 Å². The van der Waals surface area contributed by atoms with E-state index in [1.54, 1.807) is 29.5 Å².